The molecule has 3 rings (SSSR count). The normalized spacial score (nSPS) is 11.0. The van der Waals surface area contributed by atoms with E-state index in [1.54, 1.807) is 17.5 Å². The fourth-order valence-corrected chi connectivity index (χ4v) is 3.56. The second kappa shape index (κ2) is 7.90. The highest BCUT2D eigenvalue weighted by Crippen LogP contribution is 2.23. The third-order valence-electron chi connectivity index (χ3n) is 3.84. The van der Waals surface area contributed by atoms with Crippen molar-refractivity contribution < 1.29 is 4.79 Å². The average Bonchev–Trinajstić information content (AvgIpc) is 3.02. The molecule has 0 fully saturated rings. The van der Waals surface area contributed by atoms with E-state index >= 15 is 0 Å². The van der Waals surface area contributed by atoms with Crippen LogP contribution in [0.3, 0.4) is 0 Å². The zero-order valence-corrected chi connectivity index (χ0v) is 15.1. The van der Waals surface area contributed by atoms with Crippen molar-refractivity contribution >= 4 is 35.1 Å². The maximum absolute atomic E-state index is 12.5. The van der Waals surface area contributed by atoms with Crippen LogP contribution in [0.1, 0.15) is 38.3 Å². The van der Waals surface area contributed by atoms with E-state index in [-0.39, 0.29) is 5.91 Å². The second-order valence-corrected chi connectivity index (χ2v) is 6.87. The topological polar surface area (TPSA) is 42.0 Å². The zero-order chi connectivity index (χ0) is 17.6. The molecule has 0 spiro atoms. The van der Waals surface area contributed by atoms with Gasteiger partial charge in [0.25, 0.3) is 5.91 Å². The lowest BCUT2D eigenvalue weighted by molar-refractivity contribution is 0.103. The first-order valence-electron chi connectivity index (χ1n) is 8.25. The summed E-state index contributed by atoms with van der Waals surface area (Å²) < 4.78 is 0. The number of carbonyl (C=O) groups is 1. The molecular formula is C21H20N2OS. The van der Waals surface area contributed by atoms with Gasteiger partial charge in [0.1, 0.15) is 0 Å². The number of carbonyl (C=O) groups excluding carboxylic acids is 1. The summed E-state index contributed by atoms with van der Waals surface area (Å²) in [5.74, 6) is -0.0568. The molecule has 0 radical (unpaired) electrons. The van der Waals surface area contributed by atoms with E-state index in [1.807, 2.05) is 60.7 Å². The zero-order valence-electron chi connectivity index (χ0n) is 14.3. The number of amides is 1. The Balaban J connectivity index is 1.73. The number of hydrogen-bond donors (Lipinski definition) is 1. The molecule has 0 bridgehead atoms. The maximum atomic E-state index is 12.5. The summed E-state index contributed by atoms with van der Waals surface area (Å²) in [4.78, 5) is 18.7. The molecule has 1 aromatic carbocycles. The van der Waals surface area contributed by atoms with Gasteiger partial charge in [-0.15, -0.1) is 11.3 Å². The molecule has 0 aliphatic heterocycles. The highest BCUT2D eigenvalue weighted by atomic mass is 32.1. The predicted molar refractivity (Wildman–Crippen MR) is 106 cm³/mol. The summed E-state index contributed by atoms with van der Waals surface area (Å²) in [6.07, 6.45) is 6.67. The van der Waals surface area contributed by atoms with Gasteiger partial charge in [-0.05, 0) is 60.9 Å². The highest BCUT2D eigenvalue weighted by molar-refractivity contribution is 7.14. The lowest BCUT2D eigenvalue weighted by Gasteiger charge is -2.04. The summed E-state index contributed by atoms with van der Waals surface area (Å²) >= 11 is 1.56. The third kappa shape index (κ3) is 4.43. The van der Waals surface area contributed by atoms with Gasteiger partial charge in [0.05, 0.1) is 10.6 Å². The van der Waals surface area contributed by atoms with Gasteiger partial charge in [0.2, 0.25) is 0 Å². The SMILES string of the molecule is CCc1sc(C(=O)Nc2cccc(C=Cc3ccccn3)c2)cc1C. The number of anilines is 1. The number of benzene rings is 1. The van der Waals surface area contributed by atoms with E-state index in [9.17, 15) is 4.79 Å². The fraction of sp³-hybridized carbons (Fsp3) is 0.143. The predicted octanol–water partition coefficient (Wildman–Crippen LogP) is 5.44. The van der Waals surface area contributed by atoms with Gasteiger partial charge in [-0.2, -0.15) is 0 Å². The summed E-state index contributed by atoms with van der Waals surface area (Å²) in [5.41, 5.74) is 3.89. The summed E-state index contributed by atoms with van der Waals surface area (Å²) in [7, 11) is 0. The van der Waals surface area contributed by atoms with Crippen molar-refractivity contribution in [2.45, 2.75) is 20.3 Å². The first-order valence-corrected chi connectivity index (χ1v) is 9.07. The van der Waals surface area contributed by atoms with Crippen LogP contribution < -0.4 is 5.32 Å². The molecule has 3 aromatic rings. The van der Waals surface area contributed by atoms with E-state index in [0.717, 1.165) is 28.2 Å². The molecule has 2 aromatic heterocycles. The summed E-state index contributed by atoms with van der Waals surface area (Å²) in [5, 5.41) is 2.98. The third-order valence-corrected chi connectivity index (χ3v) is 5.22. The Hall–Kier alpha value is -2.72. The van der Waals surface area contributed by atoms with Crippen molar-refractivity contribution in [3.05, 3.63) is 81.3 Å². The van der Waals surface area contributed by atoms with E-state index in [1.165, 1.54) is 10.4 Å². The Morgan fingerprint density at radius 3 is 2.76 bits per heavy atom. The smallest absolute Gasteiger partial charge is 0.265 e. The largest absolute Gasteiger partial charge is 0.321 e. The number of aromatic nitrogens is 1. The van der Waals surface area contributed by atoms with Crippen LogP contribution >= 0.6 is 11.3 Å². The van der Waals surface area contributed by atoms with Crippen molar-refractivity contribution in [3.63, 3.8) is 0 Å². The molecule has 25 heavy (non-hydrogen) atoms. The molecule has 0 saturated carbocycles. The van der Waals surface area contributed by atoms with Crippen LogP contribution in [0.4, 0.5) is 5.69 Å². The van der Waals surface area contributed by atoms with Gasteiger partial charge < -0.3 is 5.32 Å². The minimum Gasteiger partial charge on any atom is -0.321 e. The first kappa shape index (κ1) is 17.1. The van der Waals surface area contributed by atoms with Crippen molar-refractivity contribution in [2.75, 3.05) is 5.32 Å². The monoisotopic (exact) mass is 348 g/mol. The van der Waals surface area contributed by atoms with Crippen LogP contribution in [-0.4, -0.2) is 10.9 Å². The Labute approximate surface area is 152 Å². The van der Waals surface area contributed by atoms with Crippen LogP contribution in [0, 0.1) is 6.92 Å². The van der Waals surface area contributed by atoms with Gasteiger partial charge >= 0.3 is 0 Å². The van der Waals surface area contributed by atoms with Crippen LogP contribution in [0.5, 0.6) is 0 Å². The number of aryl methyl sites for hydroxylation is 2. The van der Waals surface area contributed by atoms with Crippen molar-refractivity contribution in [2.24, 2.45) is 0 Å². The Morgan fingerprint density at radius 2 is 2.04 bits per heavy atom. The molecule has 2 heterocycles. The van der Waals surface area contributed by atoms with Crippen LogP contribution in [0.2, 0.25) is 0 Å². The van der Waals surface area contributed by atoms with E-state index < -0.39 is 0 Å². The maximum Gasteiger partial charge on any atom is 0.265 e. The number of hydrogen-bond acceptors (Lipinski definition) is 3. The number of thiophene rings is 1. The molecule has 1 amide bonds. The van der Waals surface area contributed by atoms with Crippen LogP contribution in [0.15, 0.2) is 54.7 Å². The van der Waals surface area contributed by atoms with Crippen LogP contribution in [0.25, 0.3) is 12.2 Å². The van der Waals surface area contributed by atoms with Gasteiger partial charge in [-0.1, -0.05) is 31.2 Å². The minimum atomic E-state index is -0.0568. The molecule has 4 heteroatoms. The Morgan fingerprint density at radius 1 is 1.16 bits per heavy atom. The summed E-state index contributed by atoms with van der Waals surface area (Å²) in [6.45, 7) is 4.16. The lowest BCUT2D eigenvalue weighted by atomic mass is 10.1. The molecule has 0 unspecified atom stereocenters. The van der Waals surface area contributed by atoms with Crippen LogP contribution in [-0.2, 0) is 6.42 Å². The van der Waals surface area contributed by atoms with Gasteiger partial charge in [-0.25, -0.2) is 0 Å². The number of nitrogens with zero attached hydrogens (tertiary/aromatic N) is 1. The van der Waals surface area contributed by atoms with Crippen molar-refractivity contribution in [3.8, 4) is 0 Å². The summed E-state index contributed by atoms with van der Waals surface area (Å²) in [6, 6.07) is 15.6. The lowest BCUT2D eigenvalue weighted by Crippen LogP contribution is -2.10. The second-order valence-electron chi connectivity index (χ2n) is 5.74. The van der Waals surface area contributed by atoms with Gasteiger partial charge in [0.15, 0.2) is 0 Å². The number of pyridine rings is 1. The van der Waals surface area contributed by atoms with Crippen molar-refractivity contribution in [1.29, 1.82) is 0 Å². The van der Waals surface area contributed by atoms with E-state index in [2.05, 4.69) is 24.1 Å². The standard InChI is InChI=1S/C21H20N2OS/c1-3-19-15(2)13-20(25-19)21(24)23-18-9-6-7-16(14-18)10-11-17-8-4-5-12-22-17/h4-14H,3H2,1-2H3,(H,23,24). The number of rotatable bonds is 5. The molecule has 0 atom stereocenters. The Bertz CT molecular complexity index is 897. The van der Waals surface area contributed by atoms with E-state index in [0.29, 0.717) is 0 Å². The molecule has 0 aliphatic carbocycles. The molecule has 126 valence electrons. The fourth-order valence-electron chi connectivity index (χ4n) is 2.55. The highest BCUT2D eigenvalue weighted by Gasteiger charge is 2.11. The molecular weight excluding hydrogens is 328 g/mol. The molecule has 0 saturated heterocycles. The Kier molecular flexibility index (Phi) is 5.41. The van der Waals surface area contributed by atoms with Crippen molar-refractivity contribution in [1.82, 2.24) is 4.98 Å². The molecule has 0 aliphatic rings. The first-order chi connectivity index (χ1) is 12.2. The van der Waals surface area contributed by atoms with Gasteiger partial charge in [0, 0.05) is 16.8 Å². The quantitative estimate of drug-likeness (QED) is 0.667. The average molecular weight is 348 g/mol. The molecule has 3 nitrogen and oxygen atoms in total. The van der Waals surface area contributed by atoms with Gasteiger partial charge in [-0.3, -0.25) is 9.78 Å². The number of nitrogens with one attached hydrogen (secondary N) is 1. The molecule has 1 N–H and O–H groups in total. The van der Waals surface area contributed by atoms with E-state index in [4.69, 9.17) is 0 Å². The minimum absolute atomic E-state index is 0.0568.